The van der Waals surface area contributed by atoms with E-state index in [1.807, 2.05) is 4.98 Å². The average molecular weight is 301 g/mol. The lowest BCUT2D eigenvalue weighted by Crippen LogP contribution is -2.38. The summed E-state index contributed by atoms with van der Waals surface area (Å²) in [6.07, 6.45) is -4.78. The quantitative estimate of drug-likeness (QED) is 0.420. The largest absolute Gasteiger partial charge is 0.462 e. The third-order valence-electron chi connectivity index (χ3n) is 2.96. The van der Waals surface area contributed by atoms with Gasteiger partial charge < -0.3 is 25.4 Å². The smallest absolute Gasteiger partial charge is 0.338 e. The molecule has 5 N–H and O–H groups in total. The normalized spacial score (nSPS) is 28.5. The zero-order valence-electron chi connectivity index (χ0n) is 10.8. The van der Waals surface area contributed by atoms with Crippen molar-refractivity contribution >= 4 is 5.97 Å². The topological polar surface area (TPSA) is 157 Å². The molecule has 0 spiro atoms. The lowest BCUT2D eigenvalue weighted by atomic mass is 10.1. The Balaban J connectivity index is 2.21. The van der Waals surface area contributed by atoms with Crippen LogP contribution in [0.4, 0.5) is 0 Å². The first kappa shape index (κ1) is 15.4. The highest BCUT2D eigenvalue weighted by Gasteiger charge is 2.48. The predicted octanol–water partition coefficient (Wildman–Crippen LogP) is -3.34. The van der Waals surface area contributed by atoms with Crippen molar-refractivity contribution in [3.05, 3.63) is 33.1 Å². The lowest BCUT2D eigenvalue weighted by molar-refractivity contribution is -0.161. The molecular weight excluding hydrogens is 286 g/mol. The SMILES string of the molecule is NCCOC(=O)[C@H]1O[C@@H](n2ccc(=O)[nH]c2=O)[C@H](O)[C@@H]1O. The standard InChI is InChI=1S/C11H15N3O7/c12-2-4-20-10(18)8-6(16)7(17)9(21-8)14-3-1-5(15)13-11(14)19/h1,3,6-9,16-17H,2,4,12H2,(H,13,15,19)/t6-,7+,8-,9+/m0/s1. The molecule has 21 heavy (non-hydrogen) atoms. The van der Waals surface area contributed by atoms with Gasteiger partial charge in [0.15, 0.2) is 12.3 Å². The molecule has 4 atom stereocenters. The Morgan fingerprint density at radius 2 is 2.14 bits per heavy atom. The summed E-state index contributed by atoms with van der Waals surface area (Å²) < 4.78 is 10.8. The Morgan fingerprint density at radius 1 is 1.43 bits per heavy atom. The van der Waals surface area contributed by atoms with E-state index in [-0.39, 0.29) is 13.2 Å². The van der Waals surface area contributed by atoms with Crippen LogP contribution in [0.1, 0.15) is 6.23 Å². The molecule has 1 aromatic rings. The Labute approximate surface area is 117 Å². The van der Waals surface area contributed by atoms with E-state index >= 15 is 0 Å². The fraction of sp³-hybridized carbons (Fsp3) is 0.545. The summed E-state index contributed by atoms with van der Waals surface area (Å²) in [6, 6.07) is 1.05. The van der Waals surface area contributed by atoms with Gasteiger partial charge in [-0.2, -0.15) is 0 Å². The maximum Gasteiger partial charge on any atom is 0.338 e. The minimum absolute atomic E-state index is 0.0647. The zero-order chi connectivity index (χ0) is 15.6. The molecule has 0 aliphatic carbocycles. The fourth-order valence-electron chi connectivity index (χ4n) is 1.95. The third kappa shape index (κ3) is 3.03. The molecule has 0 radical (unpaired) electrons. The molecule has 10 nitrogen and oxygen atoms in total. The molecule has 2 rings (SSSR count). The van der Waals surface area contributed by atoms with Gasteiger partial charge in [0, 0.05) is 18.8 Å². The van der Waals surface area contributed by atoms with Crippen LogP contribution in [-0.4, -0.2) is 57.2 Å². The second-order valence-electron chi connectivity index (χ2n) is 4.40. The van der Waals surface area contributed by atoms with Crippen LogP contribution in [-0.2, 0) is 14.3 Å². The maximum atomic E-state index is 11.7. The van der Waals surface area contributed by atoms with Crippen LogP contribution in [0.3, 0.4) is 0 Å². The van der Waals surface area contributed by atoms with Crippen LogP contribution < -0.4 is 17.0 Å². The van der Waals surface area contributed by atoms with Gasteiger partial charge in [-0.25, -0.2) is 9.59 Å². The summed E-state index contributed by atoms with van der Waals surface area (Å²) >= 11 is 0. The van der Waals surface area contributed by atoms with E-state index in [4.69, 9.17) is 15.2 Å². The number of aliphatic hydroxyl groups is 2. The highest BCUT2D eigenvalue weighted by Crippen LogP contribution is 2.28. The number of nitrogens with two attached hydrogens (primary N) is 1. The minimum Gasteiger partial charge on any atom is -0.462 e. The summed E-state index contributed by atoms with van der Waals surface area (Å²) in [5.41, 5.74) is 3.72. The van der Waals surface area contributed by atoms with Crippen LogP contribution in [0.2, 0.25) is 0 Å². The van der Waals surface area contributed by atoms with Crippen LogP contribution in [0.5, 0.6) is 0 Å². The van der Waals surface area contributed by atoms with Crippen LogP contribution in [0, 0.1) is 0 Å². The number of carbonyl (C=O) groups excluding carboxylic acids is 1. The Bertz CT molecular complexity index is 625. The molecule has 2 heterocycles. The molecule has 0 amide bonds. The number of aliphatic hydroxyl groups excluding tert-OH is 2. The second kappa shape index (κ2) is 6.18. The molecule has 10 heteroatoms. The van der Waals surface area contributed by atoms with Crippen molar-refractivity contribution in [1.82, 2.24) is 9.55 Å². The summed E-state index contributed by atoms with van der Waals surface area (Å²) in [6.45, 7) is 0.0324. The molecule has 1 aliphatic rings. The highest BCUT2D eigenvalue weighted by atomic mass is 16.6. The Kier molecular flexibility index (Phi) is 4.53. The fourth-order valence-corrected chi connectivity index (χ4v) is 1.95. The molecule has 1 aliphatic heterocycles. The van der Waals surface area contributed by atoms with Gasteiger partial charge in [-0.05, 0) is 0 Å². The minimum atomic E-state index is -1.57. The molecule has 0 saturated carbocycles. The van der Waals surface area contributed by atoms with Crippen LogP contribution in [0.25, 0.3) is 0 Å². The number of carbonyl (C=O) groups is 1. The highest BCUT2D eigenvalue weighted by molar-refractivity contribution is 5.76. The number of aromatic nitrogens is 2. The van der Waals surface area contributed by atoms with Gasteiger partial charge in [-0.1, -0.05) is 0 Å². The van der Waals surface area contributed by atoms with Gasteiger partial charge >= 0.3 is 11.7 Å². The number of hydrogen-bond donors (Lipinski definition) is 4. The maximum absolute atomic E-state index is 11.7. The molecule has 0 aromatic carbocycles. The molecule has 0 unspecified atom stereocenters. The first-order valence-electron chi connectivity index (χ1n) is 6.15. The van der Waals surface area contributed by atoms with Gasteiger partial charge in [0.25, 0.3) is 5.56 Å². The molecule has 116 valence electrons. The van der Waals surface area contributed by atoms with E-state index in [0.717, 1.165) is 16.8 Å². The molecule has 1 aromatic heterocycles. The van der Waals surface area contributed by atoms with Crippen molar-refractivity contribution in [3.63, 3.8) is 0 Å². The average Bonchev–Trinajstić information content (AvgIpc) is 2.73. The third-order valence-corrected chi connectivity index (χ3v) is 2.96. The van der Waals surface area contributed by atoms with E-state index in [1.165, 1.54) is 0 Å². The van der Waals surface area contributed by atoms with E-state index < -0.39 is 41.8 Å². The molecule has 1 saturated heterocycles. The van der Waals surface area contributed by atoms with Crippen molar-refractivity contribution in [2.24, 2.45) is 5.73 Å². The van der Waals surface area contributed by atoms with Crippen molar-refractivity contribution < 1.29 is 24.5 Å². The van der Waals surface area contributed by atoms with Crippen molar-refractivity contribution in [1.29, 1.82) is 0 Å². The van der Waals surface area contributed by atoms with E-state index in [2.05, 4.69) is 0 Å². The van der Waals surface area contributed by atoms with E-state index in [0.29, 0.717) is 0 Å². The summed E-state index contributed by atoms with van der Waals surface area (Å²) in [5.74, 6) is -0.896. The predicted molar refractivity (Wildman–Crippen MR) is 67.3 cm³/mol. The first-order valence-corrected chi connectivity index (χ1v) is 6.15. The number of hydrogen-bond acceptors (Lipinski definition) is 8. The van der Waals surface area contributed by atoms with Gasteiger partial charge in [0.2, 0.25) is 0 Å². The van der Waals surface area contributed by atoms with E-state index in [9.17, 15) is 24.6 Å². The van der Waals surface area contributed by atoms with Gasteiger partial charge in [0.1, 0.15) is 18.8 Å². The number of H-pyrrole nitrogens is 1. The molecule has 0 bridgehead atoms. The summed E-state index contributed by atoms with van der Waals surface area (Å²) in [7, 11) is 0. The number of esters is 1. The Hall–Kier alpha value is -2.01. The van der Waals surface area contributed by atoms with Crippen molar-refractivity contribution in [3.8, 4) is 0 Å². The lowest BCUT2D eigenvalue weighted by Gasteiger charge is -2.16. The van der Waals surface area contributed by atoms with Crippen molar-refractivity contribution in [2.45, 2.75) is 24.5 Å². The van der Waals surface area contributed by atoms with Crippen LogP contribution >= 0.6 is 0 Å². The summed E-state index contributed by atoms with van der Waals surface area (Å²) in [4.78, 5) is 36.2. The number of ether oxygens (including phenoxy) is 2. The summed E-state index contributed by atoms with van der Waals surface area (Å²) in [5, 5.41) is 19.7. The zero-order valence-corrected chi connectivity index (χ0v) is 10.8. The number of aromatic amines is 1. The number of nitrogens with zero attached hydrogens (tertiary/aromatic N) is 1. The van der Waals surface area contributed by atoms with Gasteiger partial charge in [-0.3, -0.25) is 14.3 Å². The Morgan fingerprint density at radius 3 is 2.76 bits per heavy atom. The van der Waals surface area contributed by atoms with Gasteiger partial charge in [0.05, 0.1) is 0 Å². The number of rotatable bonds is 4. The van der Waals surface area contributed by atoms with Crippen LogP contribution in [0.15, 0.2) is 21.9 Å². The van der Waals surface area contributed by atoms with Gasteiger partial charge in [-0.15, -0.1) is 0 Å². The number of nitrogens with one attached hydrogen (secondary N) is 1. The molecular formula is C11H15N3O7. The van der Waals surface area contributed by atoms with E-state index in [1.54, 1.807) is 0 Å². The monoisotopic (exact) mass is 301 g/mol. The molecule has 1 fully saturated rings. The van der Waals surface area contributed by atoms with Crippen molar-refractivity contribution in [2.75, 3.05) is 13.2 Å². The first-order chi connectivity index (χ1) is 9.95. The second-order valence-corrected chi connectivity index (χ2v) is 4.40.